The van der Waals surface area contributed by atoms with Crippen molar-refractivity contribution in [3.63, 3.8) is 0 Å². The van der Waals surface area contributed by atoms with Crippen molar-refractivity contribution >= 4 is 22.2 Å². The van der Waals surface area contributed by atoms with Crippen LogP contribution in [-0.2, 0) is 0 Å². The molecule has 2 aromatic rings. The first-order valence-corrected chi connectivity index (χ1v) is 7.25. The summed E-state index contributed by atoms with van der Waals surface area (Å²) in [6.07, 6.45) is 0. The molecule has 1 aromatic carbocycles. The molecule has 0 aliphatic heterocycles. The smallest absolute Gasteiger partial charge is 0.190 e. The Morgan fingerprint density at radius 2 is 1.74 bits per heavy atom. The third-order valence-electron chi connectivity index (χ3n) is 3.12. The Morgan fingerprint density at radius 1 is 1.16 bits per heavy atom. The molecule has 3 nitrogen and oxygen atoms in total. The monoisotopic (exact) mass is 275 g/mol. The van der Waals surface area contributed by atoms with Gasteiger partial charge in [0.2, 0.25) is 0 Å². The predicted octanol–water partition coefficient (Wildman–Crippen LogP) is 3.86. The van der Waals surface area contributed by atoms with Crippen molar-refractivity contribution in [2.75, 3.05) is 11.9 Å². The molecular formula is C15H21N3S. The van der Waals surface area contributed by atoms with Gasteiger partial charge in [-0.2, -0.15) is 0 Å². The molecule has 19 heavy (non-hydrogen) atoms. The van der Waals surface area contributed by atoms with Gasteiger partial charge < -0.3 is 10.6 Å². The zero-order chi connectivity index (χ0) is 14.2. The lowest BCUT2D eigenvalue weighted by Gasteiger charge is -2.17. The van der Waals surface area contributed by atoms with Crippen molar-refractivity contribution < 1.29 is 0 Å². The topological polar surface area (TPSA) is 42.2 Å². The first-order valence-electron chi connectivity index (χ1n) is 6.43. The fraction of sp³-hybridized carbons (Fsp3) is 0.400. The number of aromatic nitrogens is 1. The summed E-state index contributed by atoms with van der Waals surface area (Å²) < 4.78 is 0. The maximum Gasteiger partial charge on any atom is 0.190 e. The SMILES string of the molecule is Cc1cc(C)cc(N(C)c2nc(C)c(C(C)N)s2)c1. The minimum absolute atomic E-state index is 0.0406. The summed E-state index contributed by atoms with van der Waals surface area (Å²) in [4.78, 5) is 7.92. The average molecular weight is 275 g/mol. The van der Waals surface area contributed by atoms with Gasteiger partial charge in [-0.1, -0.05) is 17.4 Å². The summed E-state index contributed by atoms with van der Waals surface area (Å²) in [7, 11) is 2.05. The van der Waals surface area contributed by atoms with Crippen molar-refractivity contribution in [1.29, 1.82) is 0 Å². The van der Waals surface area contributed by atoms with E-state index in [0.29, 0.717) is 0 Å². The highest BCUT2D eigenvalue weighted by molar-refractivity contribution is 7.15. The number of aryl methyl sites for hydroxylation is 3. The van der Waals surface area contributed by atoms with Crippen LogP contribution >= 0.6 is 11.3 Å². The highest BCUT2D eigenvalue weighted by Crippen LogP contribution is 2.33. The van der Waals surface area contributed by atoms with Crippen molar-refractivity contribution in [2.45, 2.75) is 33.7 Å². The van der Waals surface area contributed by atoms with Gasteiger partial charge in [-0.25, -0.2) is 4.98 Å². The van der Waals surface area contributed by atoms with Gasteiger partial charge in [-0.3, -0.25) is 0 Å². The summed E-state index contributed by atoms with van der Waals surface area (Å²) in [6.45, 7) is 8.25. The zero-order valence-corrected chi connectivity index (χ0v) is 13.0. The fourth-order valence-electron chi connectivity index (χ4n) is 2.21. The molecule has 4 heteroatoms. The summed E-state index contributed by atoms with van der Waals surface area (Å²) in [5.74, 6) is 0. The number of thiazole rings is 1. The van der Waals surface area contributed by atoms with Crippen molar-refractivity contribution in [1.82, 2.24) is 4.98 Å². The summed E-state index contributed by atoms with van der Waals surface area (Å²) >= 11 is 1.67. The van der Waals surface area contributed by atoms with Gasteiger partial charge in [0.05, 0.1) is 5.69 Å². The predicted molar refractivity (Wildman–Crippen MR) is 83.4 cm³/mol. The third kappa shape index (κ3) is 2.96. The van der Waals surface area contributed by atoms with Gasteiger partial charge in [-0.15, -0.1) is 0 Å². The van der Waals surface area contributed by atoms with Gasteiger partial charge >= 0.3 is 0 Å². The largest absolute Gasteiger partial charge is 0.323 e. The number of benzene rings is 1. The molecule has 0 aliphatic rings. The lowest BCUT2D eigenvalue weighted by atomic mass is 10.1. The number of hydrogen-bond donors (Lipinski definition) is 1. The van der Waals surface area contributed by atoms with E-state index in [1.54, 1.807) is 11.3 Å². The molecule has 1 atom stereocenters. The van der Waals surface area contributed by atoms with Crippen LogP contribution in [0.2, 0.25) is 0 Å². The molecule has 0 saturated carbocycles. The molecule has 0 aliphatic carbocycles. The third-order valence-corrected chi connectivity index (χ3v) is 4.55. The molecule has 0 spiro atoms. The van der Waals surface area contributed by atoms with E-state index in [4.69, 9.17) is 5.73 Å². The van der Waals surface area contributed by atoms with E-state index < -0.39 is 0 Å². The minimum atomic E-state index is 0.0406. The van der Waals surface area contributed by atoms with Crippen LogP contribution in [-0.4, -0.2) is 12.0 Å². The second kappa shape index (κ2) is 5.31. The molecule has 1 unspecified atom stereocenters. The molecule has 102 valence electrons. The van der Waals surface area contributed by atoms with Gasteiger partial charge in [0.25, 0.3) is 0 Å². The first kappa shape index (κ1) is 14.0. The maximum absolute atomic E-state index is 5.97. The Kier molecular flexibility index (Phi) is 3.92. The number of rotatable bonds is 3. The van der Waals surface area contributed by atoms with Crippen LogP contribution < -0.4 is 10.6 Å². The van der Waals surface area contributed by atoms with Crippen molar-refractivity contribution in [2.24, 2.45) is 5.73 Å². The van der Waals surface area contributed by atoms with Crippen LogP contribution in [0, 0.1) is 20.8 Å². The number of hydrogen-bond acceptors (Lipinski definition) is 4. The first-order chi connectivity index (χ1) is 8.88. The van der Waals surface area contributed by atoms with Crippen LogP contribution in [0.4, 0.5) is 10.8 Å². The number of nitrogens with zero attached hydrogens (tertiary/aromatic N) is 2. The van der Waals surface area contributed by atoms with E-state index in [2.05, 4.69) is 49.0 Å². The second-order valence-corrected chi connectivity index (χ2v) is 6.15. The molecule has 0 fully saturated rings. The van der Waals surface area contributed by atoms with E-state index in [1.807, 2.05) is 13.8 Å². The second-order valence-electron chi connectivity index (χ2n) is 5.14. The van der Waals surface area contributed by atoms with E-state index in [-0.39, 0.29) is 6.04 Å². The number of anilines is 2. The van der Waals surface area contributed by atoms with E-state index in [1.165, 1.54) is 16.8 Å². The molecule has 0 saturated heterocycles. The number of nitrogens with two attached hydrogens (primary N) is 1. The molecule has 0 amide bonds. The van der Waals surface area contributed by atoms with Gasteiger partial charge in [0.1, 0.15) is 0 Å². The standard InChI is InChI=1S/C15H21N3S/c1-9-6-10(2)8-13(7-9)18(5)15-17-12(4)14(19-15)11(3)16/h6-8,11H,16H2,1-5H3. The van der Waals surface area contributed by atoms with E-state index >= 15 is 0 Å². The molecule has 0 bridgehead atoms. The molecule has 1 aromatic heterocycles. The van der Waals surface area contributed by atoms with Gasteiger partial charge in [0, 0.05) is 23.7 Å². The maximum atomic E-state index is 5.97. The quantitative estimate of drug-likeness (QED) is 0.925. The van der Waals surface area contributed by atoms with Crippen molar-refractivity contribution in [3.05, 3.63) is 39.9 Å². The summed E-state index contributed by atoms with van der Waals surface area (Å²) in [5.41, 5.74) is 10.7. The molecular weight excluding hydrogens is 254 g/mol. The lowest BCUT2D eigenvalue weighted by Crippen LogP contribution is -2.09. The zero-order valence-electron chi connectivity index (χ0n) is 12.2. The molecule has 1 heterocycles. The highest BCUT2D eigenvalue weighted by atomic mass is 32.1. The normalized spacial score (nSPS) is 12.5. The Morgan fingerprint density at radius 3 is 2.21 bits per heavy atom. The summed E-state index contributed by atoms with van der Waals surface area (Å²) in [6, 6.07) is 6.57. The van der Waals surface area contributed by atoms with E-state index in [9.17, 15) is 0 Å². The lowest BCUT2D eigenvalue weighted by molar-refractivity contribution is 0.825. The van der Waals surface area contributed by atoms with Crippen LogP contribution in [0.15, 0.2) is 18.2 Å². The van der Waals surface area contributed by atoms with Crippen molar-refractivity contribution in [3.8, 4) is 0 Å². The van der Waals surface area contributed by atoms with Crippen LogP contribution in [0.25, 0.3) is 0 Å². The molecule has 2 rings (SSSR count). The Labute approximate surface area is 119 Å². The van der Waals surface area contributed by atoms with Gasteiger partial charge in [-0.05, 0) is 51.0 Å². The Balaban J connectivity index is 2.38. The van der Waals surface area contributed by atoms with E-state index in [0.717, 1.165) is 15.7 Å². The summed E-state index contributed by atoms with van der Waals surface area (Å²) in [5, 5.41) is 0.995. The Bertz CT molecular complexity index is 567. The van der Waals surface area contributed by atoms with Crippen LogP contribution in [0.1, 0.15) is 34.7 Å². The molecule has 2 N–H and O–H groups in total. The Hall–Kier alpha value is -1.39. The van der Waals surface area contributed by atoms with Gasteiger partial charge in [0.15, 0.2) is 5.13 Å². The molecule has 0 radical (unpaired) electrons. The van der Waals surface area contributed by atoms with Crippen LogP contribution in [0.5, 0.6) is 0 Å². The van der Waals surface area contributed by atoms with Crippen LogP contribution in [0.3, 0.4) is 0 Å². The fourth-order valence-corrected chi connectivity index (χ4v) is 3.22. The highest BCUT2D eigenvalue weighted by Gasteiger charge is 2.15. The minimum Gasteiger partial charge on any atom is -0.323 e. The average Bonchev–Trinajstić information content (AvgIpc) is 2.69.